The van der Waals surface area contributed by atoms with E-state index in [1.807, 2.05) is 0 Å². The van der Waals surface area contributed by atoms with E-state index in [-0.39, 0.29) is 11.3 Å². The summed E-state index contributed by atoms with van der Waals surface area (Å²) in [5, 5.41) is 25.0. The van der Waals surface area contributed by atoms with E-state index in [0.717, 1.165) is 13.0 Å². The molecule has 0 aliphatic heterocycles. The fraction of sp³-hybridized carbons (Fsp3) is 0.154. The van der Waals surface area contributed by atoms with Gasteiger partial charge >= 0.3 is 0 Å². The molecule has 0 bridgehead atoms. The number of ketones is 3. The molecule has 1 aliphatic rings. The van der Waals surface area contributed by atoms with Gasteiger partial charge < -0.3 is 15.3 Å². The fourth-order valence-electron chi connectivity index (χ4n) is 1.30. The number of aliphatic hydroxyl groups is 3. The van der Waals surface area contributed by atoms with Crippen LogP contribution in [0, 0.1) is 0 Å². The van der Waals surface area contributed by atoms with Crippen LogP contribution < -0.4 is 0 Å². The van der Waals surface area contributed by atoms with Crippen molar-refractivity contribution in [1.82, 2.24) is 0 Å². The summed E-state index contributed by atoms with van der Waals surface area (Å²) in [6.07, 6.45) is -0.838. The second kappa shape index (κ2) is 6.03. The van der Waals surface area contributed by atoms with E-state index in [1.54, 1.807) is 18.2 Å². The Morgan fingerprint density at radius 3 is 2.05 bits per heavy atom. The second-order valence-electron chi connectivity index (χ2n) is 3.75. The Morgan fingerprint density at radius 2 is 1.58 bits per heavy atom. The van der Waals surface area contributed by atoms with Crippen molar-refractivity contribution in [3.05, 3.63) is 41.5 Å². The highest BCUT2D eigenvalue weighted by molar-refractivity contribution is 6.50. The Morgan fingerprint density at radius 1 is 1.11 bits per heavy atom. The largest absolute Gasteiger partial charge is 0.507 e. The normalized spacial score (nSPS) is 13.4. The zero-order chi connectivity index (χ0) is 14.6. The number of carbonyl (C=O) groups excluding carboxylic acids is 3. The molecule has 1 aromatic rings. The minimum Gasteiger partial charge on any atom is -0.507 e. The number of hydrogen-bond acceptors (Lipinski definition) is 6. The maximum Gasteiger partial charge on any atom is 0.233 e. The van der Waals surface area contributed by atoms with E-state index in [2.05, 4.69) is 0 Å². The molecule has 1 aliphatic carbocycles. The van der Waals surface area contributed by atoms with Crippen LogP contribution in [-0.4, -0.2) is 39.0 Å². The monoisotopic (exact) mass is 264 g/mol. The molecule has 2 rings (SSSR count). The molecule has 0 spiro atoms. The van der Waals surface area contributed by atoms with E-state index >= 15 is 0 Å². The Balaban J connectivity index is 0.000000258. The van der Waals surface area contributed by atoms with E-state index < -0.39 is 23.6 Å². The van der Waals surface area contributed by atoms with E-state index in [1.165, 1.54) is 6.07 Å². The minimum absolute atomic E-state index is 0.139. The number of aliphatic hydroxyl groups excluding tert-OH is 2. The number of allylic oxidation sites excluding steroid dienone is 1. The van der Waals surface area contributed by atoms with E-state index in [4.69, 9.17) is 10.2 Å². The van der Waals surface area contributed by atoms with Crippen LogP contribution in [0.5, 0.6) is 0 Å². The summed E-state index contributed by atoms with van der Waals surface area (Å²) >= 11 is 0. The van der Waals surface area contributed by atoms with Gasteiger partial charge in [-0.25, -0.2) is 0 Å². The molecule has 100 valence electrons. The lowest BCUT2D eigenvalue weighted by molar-refractivity contribution is -0.142. The van der Waals surface area contributed by atoms with Crippen LogP contribution in [0.25, 0.3) is 5.76 Å². The Kier molecular flexibility index (Phi) is 4.68. The first-order valence-electron chi connectivity index (χ1n) is 5.30. The summed E-state index contributed by atoms with van der Waals surface area (Å²) < 4.78 is 0. The number of rotatable bonds is 1. The standard InChI is InChI=1S/C10H6O3.C3H6O3/c11-8-5-9(12)10(13)7-4-2-1-3-6(7)8;1-2(4)3(5)6/h1-5,11H;3,5-6H,1H3. The quantitative estimate of drug-likeness (QED) is 0.494. The maximum atomic E-state index is 11.3. The smallest absolute Gasteiger partial charge is 0.233 e. The van der Waals surface area contributed by atoms with Crippen LogP contribution in [0.2, 0.25) is 0 Å². The summed E-state index contributed by atoms with van der Waals surface area (Å²) in [5.74, 6) is -2.00. The van der Waals surface area contributed by atoms with Gasteiger partial charge in [-0.1, -0.05) is 24.3 Å². The highest BCUT2D eigenvalue weighted by Gasteiger charge is 2.24. The predicted molar refractivity (Wildman–Crippen MR) is 65.3 cm³/mol. The zero-order valence-corrected chi connectivity index (χ0v) is 10.0. The molecule has 0 fully saturated rings. The van der Waals surface area contributed by atoms with Crippen molar-refractivity contribution in [2.45, 2.75) is 13.2 Å². The molecule has 6 heteroatoms. The third kappa shape index (κ3) is 3.57. The van der Waals surface area contributed by atoms with Crippen LogP contribution in [0.3, 0.4) is 0 Å². The molecule has 0 amide bonds. The first-order valence-corrected chi connectivity index (χ1v) is 5.30. The number of Topliss-reactive ketones (excluding diaryl/α,β-unsaturated/α-hetero) is 2. The van der Waals surface area contributed by atoms with Gasteiger partial charge in [0.05, 0.1) is 0 Å². The first-order chi connectivity index (χ1) is 8.84. The summed E-state index contributed by atoms with van der Waals surface area (Å²) in [4.78, 5) is 31.9. The van der Waals surface area contributed by atoms with Crippen molar-refractivity contribution < 1.29 is 29.7 Å². The molecule has 6 nitrogen and oxygen atoms in total. The van der Waals surface area contributed by atoms with Gasteiger partial charge in [-0.05, 0) is 6.92 Å². The molecule has 0 unspecified atom stereocenters. The van der Waals surface area contributed by atoms with Gasteiger partial charge in [0.25, 0.3) is 0 Å². The number of carbonyl (C=O) groups is 3. The van der Waals surface area contributed by atoms with Crippen molar-refractivity contribution in [2.24, 2.45) is 0 Å². The van der Waals surface area contributed by atoms with Gasteiger partial charge in [0.2, 0.25) is 17.9 Å². The van der Waals surface area contributed by atoms with E-state index in [9.17, 15) is 19.5 Å². The van der Waals surface area contributed by atoms with Gasteiger partial charge in [0.15, 0.2) is 5.78 Å². The van der Waals surface area contributed by atoms with Crippen molar-refractivity contribution >= 4 is 23.1 Å². The second-order valence-corrected chi connectivity index (χ2v) is 3.75. The minimum atomic E-state index is -1.79. The molecule has 1 aromatic carbocycles. The average Bonchev–Trinajstić information content (AvgIpc) is 2.37. The zero-order valence-electron chi connectivity index (χ0n) is 10.0. The average molecular weight is 264 g/mol. The highest BCUT2D eigenvalue weighted by atomic mass is 16.5. The molecule has 0 heterocycles. The summed E-state index contributed by atoms with van der Waals surface area (Å²) in [5.41, 5.74) is 0.694. The Labute approximate surface area is 108 Å². The molecule has 0 saturated heterocycles. The summed E-state index contributed by atoms with van der Waals surface area (Å²) in [7, 11) is 0. The topological polar surface area (TPSA) is 112 Å². The van der Waals surface area contributed by atoms with Crippen LogP contribution >= 0.6 is 0 Å². The van der Waals surface area contributed by atoms with Gasteiger partial charge in [-0.3, -0.25) is 14.4 Å². The molecular formula is C13H12O6. The highest BCUT2D eigenvalue weighted by Crippen LogP contribution is 2.22. The molecule has 0 saturated carbocycles. The van der Waals surface area contributed by atoms with Crippen molar-refractivity contribution in [3.63, 3.8) is 0 Å². The number of fused-ring (bicyclic) bond motifs is 1. The SMILES string of the molecule is CC(=O)C(O)O.O=C1C=C(O)c2ccccc2C1=O. The molecule has 3 N–H and O–H groups in total. The van der Waals surface area contributed by atoms with Crippen LogP contribution in [-0.2, 0) is 9.59 Å². The summed E-state index contributed by atoms with van der Waals surface area (Å²) in [6.45, 7) is 1.10. The van der Waals surface area contributed by atoms with Crippen LogP contribution in [0.1, 0.15) is 22.8 Å². The molecule has 0 radical (unpaired) electrons. The van der Waals surface area contributed by atoms with Crippen LogP contribution in [0.4, 0.5) is 0 Å². The predicted octanol–water partition coefficient (Wildman–Crippen LogP) is 0.237. The number of hydrogen-bond donors (Lipinski definition) is 3. The third-order valence-corrected chi connectivity index (χ3v) is 2.30. The number of benzene rings is 1. The van der Waals surface area contributed by atoms with Gasteiger partial charge in [0.1, 0.15) is 5.76 Å². The lowest BCUT2D eigenvalue weighted by atomic mass is 9.94. The lowest BCUT2D eigenvalue weighted by Gasteiger charge is -2.10. The fourth-order valence-corrected chi connectivity index (χ4v) is 1.30. The Hall–Kier alpha value is -2.31. The third-order valence-electron chi connectivity index (χ3n) is 2.30. The molecular weight excluding hydrogens is 252 g/mol. The van der Waals surface area contributed by atoms with Gasteiger partial charge in [-0.2, -0.15) is 0 Å². The van der Waals surface area contributed by atoms with E-state index in [0.29, 0.717) is 5.56 Å². The first kappa shape index (κ1) is 14.7. The van der Waals surface area contributed by atoms with Crippen molar-refractivity contribution in [2.75, 3.05) is 0 Å². The van der Waals surface area contributed by atoms with Crippen molar-refractivity contribution in [1.29, 1.82) is 0 Å². The van der Waals surface area contributed by atoms with Gasteiger partial charge in [-0.15, -0.1) is 0 Å². The lowest BCUT2D eigenvalue weighted by Crippen LogP contribution is -2.18. The molecule has 19 heavy (non-hydrogen) atoms. The summed E-state index contributed by atoms with van der Waals surface area (Å²) in [6, 6.07) is 6.48. The van der Waals surface area contributed by atoms with Crippen LogP contribution in [0.15, 0.2) is 30.3 Å². The Bertz CT molecular complexity index is 556. The van der Waals surface area contributed by atoms with Crippen molar-refractivity contribution in [3.8, 4) is 0 Å². The molecule has 0 aromatic heterocycles. The molecule has 0 atom stereocenters. The van der Waals surface area contributed by atoms with Gasteiger partial charge in [0, 0.05) is 17.2 Å². The maximum absolute atomic E-state index is 11.3.